The van der Waals surface area contributed by atoms with Gasteiger partial charge in [0.25, 0.3) is 5.91 Å². The predicted octanol–water partition coefficient (Wildman–Crippen LogP) is 2.27. The molecule has 1 aliphatic carbocycles. The van der Waals surface area contributed by atoms with Crippen molar-refractivity contribution < 1.29 is 26.4 Å². The Kier molecular flexibility index (Phi) is 7.55. The molecule has 1 saturated carbocycles. The third-order valence-corrected chi connectivity index (χ3v) is 7.66. The van der Waals surface area contributed by atoms with Gasteiger partial charge in [0.15, 0.2) is 6.61 Å². The minimum absolute atomic E-state index is 0.0345. The number of primary sulfonamides is 1. The van der Waals surface area contributed by atoms with Crippen LogP contribution in [0.2, 0.25) is 0 Å². The molecule has 0 spiro atoms. The van der Waals surface area contributed by atoms with Crippen LogP contribution in [0.3, 0.4) is 0 Å². The number of nitrogens with two attached hydrogens (primary N) is 1. The summed E-state index contributed by atoms with van der Waals surface area (Å²) >= 11 is 0. The lowest BCUT2D eigenvalue weighted by Gasteiger charge is -2.22. The van der Waals surface area contributed by atoms with Crippen LogP contribution in [0.25, 0.3) is 0 Å². The summed E-state index contributed by atoms with van der Waals surface area (Å²) in [6.07, 6.45) is 4.88. The van der Waals surface area contributed by atoms with Crippen molar-refractivity contribution in [1.29, 1.82) is 0 Å². The van der Waals surface area contributed by atoms with Gasteiger partial charge < -0.3 is 10.1 Å². The Labute approximate surface area is 188 Å². The number of aryl methyl sites for hydroxylation is 1. The number of hydrogen-bond acceptors (Lipinski definition) is 6. The van der Waals surface area contributed by atoms with Crippen molar-refractivity contribution in [2.75, 3.05) is 11.9 Å². The van der Waals surface area contributed by atoms with Crippen molar-refractivity contribution in [2.24, 2.45) is 5.14 Å². The lowest BCUT2D eigenvalue weighted by Crippen LogP contribution is -2.36. The van der Waals surface area contributed by atoms with Crippen LogP contribution in [-0.2, 0) is 24.8 Å². The summed E-state index contributed by atoms with van der Waals surface area (Å²) in [5.74, 6) is -0.0650. The van der Waals surface area contributed by atoms with E-state index in [9.17, 15) is 21.6 Å². The number of sulfonamides is 2. The largest absolute Gasteiger partial charge is 0.483 e. The predicted molar refractivity (Wildman–Crippen MR) is 120 cm³/mol. The molecule has 2 aromatic carbocycles. The van der Waals surface area contributed by atoms with Gasteiger partial charge >= 0.3 is 0 Å². The molecule has 2 aromatic rings. The SMILES string of the molecule is Cc1cc(S(=O)(=O)NC2CCCCC2)ccc1OCC(=O)Nc1ccc(S(N)(=O)=O)cc1. The van der Waals surface area contributed by atoms with Crippen LogP contribution in [0.5, 0.6) is 5.75 Å². The average molecular weight is 482 g/mol. The summed E-state index contributed by atoms with van der Waals surface area (Å²) in [5.41, 5.74) is 0.972. The molecule has 174 valence electrons. The van der Waals surface area contributed by atoms with E-state index in [4.69, 9.17) is 9.88 Å². The number of hydrogen-bond donors (Lipinski definition) is 3. The van der Waals surface area contributed by atoms with E-state index >= 15 is 0 Å². The number of benzene rings is 2. The summed E-state index contributed by atoms with van der Waals surface area (Å²) in [4.78, 5) is 12.2. The standard InChI is InChI=1S/C21H27N3O6S2/c1-15-13-19(32(28,29)24-17-5-3-2-4-6-17)11-12-20(15)30-14-21(25)23-16-7-9-18(10-8-16)31(22,26)27/h7-13,17,24H,2-6,14H2,1H3,(H,23,25)(H2,22,26,27). The van der Waals surface area contributed by atoms with Crippen LogP contribution < -0.4 is 19.9 Å². The molecule has 0 heterocycles. The van der Waals surface area contributed by atoms with Crippen LogP contribution in [-0.4, -0.2) is 35.4 Å². The van der Waals surface area contributed by atoms with Gasteiger partial charge in [-0.25, -0.2) is 26.7 Å². The van der Waals surface area contributed by atoms with Crippen molar-refractivity contribution in [3.05, 3.63) is 48.0 Å². The molecular weight excluding hydrogens is 454 g/mol. The Morgan fingerprint density at radius 1 is 1.00 bits per heavy atom. The fraction of sp³-hybridized carbons (Fsp3) is 0.381. The second-order valence-corrected chi connectivity index (χ2v) is 11.1. The highest BCUT2D eigenvalue weighted by molar-refractivity contribution is 7.89. The molecule has 11 heteroatoms. The van der Waals surface area contributed by atoms with Crippen LogP contribution >= 0.6 is 0 Å². The first-order chi connectivity index (χ1) is 15.0. The maximum absolute atomic E-state index is 12.7. The molecule has 1 fully saturated rings. The molecule has 1 aliphatic rings. The first-order valence-electron chi connectivity index (χ1n) is 10.2. The second kappa shape index (κ2) is 9.99. The highest BCUT2D eigenvalue weighted by Crippen LogP contribution is 2.24. The monoisotopic (exact) mass is 481 g/mol. The van der Waals surface area contributed by atoms with E-state index in [1.165, 1.54) is 42.5 Å². The highest BCUT2D eigenvalue weighted by Gasteiger charge is 2.22. The molecular formula is C21H27N3O6S2. The van der Waals surface area contributed by atoms with Gasteiger partial charge in [-0.1, -0.05) is 19.3 Å². The van der Waals surface area contributed by atoms with Gasteiger partial charge in [-0.2, -0.15) is 0 Å². The summed E-state index contributed by atoms with van der Waals surface area (Å²) in [6.45, 7) is 1.41. The van der Waals surface area contributed by atoms with Gasteiger partial charge in [0, 0.05) is 11.7 Å². The van der Waals surface area contributed by atoms with E-state index in [0.29, 0.717) is 17.0 Å². The maximum Gasteiger partial charge on any atom is 0.262 e. The third-order valence-electron chi connectivity index (χ3n) is 5.21. The summed E-state index contributed by atoms with van der Waals surface area (Å²) < 4.78 is 56.2. The van der Waals surface area contributed by atoms with Crippen LogP contribution in [0, 0.1) is 6.92 Å². The van der Waals surface area contributed by atoms with Crippen molar-refractivity contribution in [1.82, 2.24) is 4.72 Å². The highest BCUT2D eigenvalue weighted by atomic mass is 32.2. The quantitative estimate of drug-likeness (QED) is 0.527. The second-order valence-electron chi connectivity index (χ2n) is 7.79. The molecule has 0 radical (unpaired) electrons. The van der Waals surface area contributed by atoms with E-state index < -0.39 is 26.0 Å². The zero-order chi connectivity index (χ0) is 23.4. The molecule has 4 N–H and O–H groups in total. The molecule has 3 rings (SSSR count). The molecule has 9 nitrogen and oxygen atoms in total. The zero-order valence-electron chi connectivity index (χ0n) is 17.7. The number of ether oxygens (including phenoxy) is 1. The van der Waals surface area contributed by atoms with Gasteiger partial charge in [0.1, 0.15) is 5.75 Å². The van der Waals surface area contributed by atoms with Gasteiger partial charge in [-0.3, -0.25) is 4.79 Å². The number of nitrogens with one attached hydrogen (secondary N) is 2. The van der Waals surface area contributed by atoms with Crippen molar-refractivity contribution in [3.8, 4) is 5.75 Å². The molecule has 0 unspecified atom stereocenters. The van der Waals surface area contributed by atoms with Crippen molar-refractivity contribution in [2.45, 2.75) is 54.9 Å². The van der Waals surface area contributed by atoms with Gasteiger partial charge in [-0.15, -0.1) is 0 Å². The van der Waals surface area contributed by atoms with Crippen molar-refractivity contribution >= 4 is 31.6 Å². The normalized spacial score (nSPS) is 15.3. The van der Waals surface area contributed by atoms with Gasteiger partial charge in [0.05, 0.1) is 9.79 Å². The molecule has 0 aromatic heterocycles. The van der Waals surface area contributed by atoms with Gasteiger partial charge in [-0.05, 0) is 67.8 Å². The Hall–Kier alpha value is -2.47. The van der Waals surface area contributed by atoms with E-state index in [0.717, 1.165) is 32.1 Å². The smallest absolute Gasteiger partial charge is 0.262 e. The molecule has 1 amide bonds. The number of amides is 1. The fourth-order valence-corrected chi connectivity index (χ4v) is 5.43. The molecule has 0 bridgehead atoms. The number of anilines is 1. The lowest BCUT2D eigenvalue weighted by molar-refractivity contribution is -0.118. The molecule has 0 aliphatic heterocycles. The van der Waals surface area contributed by atoms with E-state index in [1.54, 1.807) is 6.92 Å². The first kappa shape index (κ1) is 24.2. The summed E-state index contributed by atoms with van der Waals surface area (Å²) in [5, 5.41) is 7.63. The average Bonchev–Trinajstić information content (AvgIpc) is 2.73. The fourth-order valence-electron chi connectivity index (χ4n) is 3.53. The Morgan fingerprint density at radius 2 is 1.62 bits per heavy atom. The minimum atomic E-state index is -3.81. The van der Waals surface area contributed by atoms with Crippen molar-refractivity contribution in [3.63, 3.8) is 0 Å². The van der Waals surface area contributed by atoms with Crippen LogP contribution in [0.4, 0.5) is 5.69 Å². The summed E-state index contributed by atoms with van der Waals surface area (Å²) in [6, 6.07) is 9.88. The maximum atomic E-state index is 12.7. The Balaban J connectivity index is 1.57. The van der Waals surface area contributed by atoms with E-state index in [2.05, 4.69) is 10.0 Å². The minimum Gasteiger partial charge on any atom is -0.483 e. The number of rotatable bonds is 8. The van der Waals surface area contributed by atoms with Crippen LogP contribution in [0.1, 0.15) is 37.7 Å². The zero-order valence-corrected chi connectivity index (χ0v) is 19.3. The molecule has 0 atom stereocenters. The van der Waals surface area contributed by atoms with E-state index in [-0.39, 0.29) is 22.4 Å². The Morgan fingerprint density at radius 3 is 2.22 bits per heavy atom. The van der Waals surface area contributed by atoms with E-state index in [1.807, 2.05) is 0 Å². The number of carbonyl (C=O) groups is 1. The topological polar surface area (TPSA) is 145 Å². The first-order valence-corrected chi connectivity index (χ1v) is 13.3. The molecule has 0 saturated heterocycles. The summed E-state index contributed by atoms with van der Waals surface area (Å²) in [7, 11) is -7.43. The molecule has 32 heavy (non-hydrogen) atoms. The Bertz CT molecular complexity index is 1170. The van der Waals surface area contributed by atoms with Crippen LogP contribution in [0.15, 0.2) is 52.3 Å². The lowest BCUT2D eigenvalue weighted by atomic mass is 9.96. The number of carbonyl (C=O) groups excluding carboxylic acids is 1. The third kappa shape index (κ3) is 6.52. The van der Waals surface area contributed by atoms with Gasteiger partial charge in [0.2, 0.25) is 20.0 Å².